The molecule has 1 heterocycles. The molecule has 2 aliphatic rings. The molecule has 4 heteroatoms. The van der Waals surface area contributed by atoms with Crippen LogP contribution in [0.3, 0.4) is 0 Å². The molecule has 0 N–H and O–H groups in total. The van der Waals surface area contributed by atoms with Gasteiger partial charge in [-0.3, -0.25) is 9.48 Å². The van der Waals surface area contributed by atoms with E-state index in [4.69, 9.17) is 0 Å². The summed E-state index contributed by atoms with van der Waals surface area (Å²) in [5.41, 5.74) is 0.816. The van der Waals surface area contributed by atoms with Crippen LogP contribution in [0.4, 0.5) is 0 Å². The summed E-state index contributed by atoms with van der Waals surface area (Å²) in [6.07, 6.45) is 7.48. The molecule has 2 unspecified atom stereocenters. The Hall–Kier alpha value is -1.19. The Morgan fingerprint density at radius 3 is 2.69 bits per heavy atom. The predicted molar refractivity (Wildman–Crippen MR) is 58.7 cm³/mol. The van der Waals surface area contributed by atoms with Crippen LogP contribution in [0.1, 0.15) is 31.4 Å². The van der Waals surface area contributed by atoms with Crippen molar-refractivity contribution in [1.82, 2.24) is 15.0 Å². The maximum absolute atomic E-state index is 12.1. The first-order chi connectivity index (χ1) is 7.75. The minimum absolute atomic E-state index is 0.351. The molecule has 0 saturated heterocycles. The minimum atomic E-state index is 0.351. The van der Waals surface area contributed by atoms with Crippen LogP contribution >= 0.6 is 0 Å². The van der Waals surface area contributed by atoms with E-state index in [1.807, 2.05) is 13.2 Å². The van der Waals surface area contributed by atoms with Gasteiger partial charge in [0, 0.05) is 19.2 Å². The smallest absolute Gasteiger partial charge is 0.142 e. The highest BCUT2D eigenvalue weighted by Crippen LogP contribution is 2.55. The van der Waals surface area contributed by atoms with E-state index in [1.165, 1.54) is 25.7 Å². The van der Waals surface area contributed by atoms with Crippen molar-refractivity contribution in [2.45, 2.75) is 32.1 Å². The number of Topliss-reactive ketones (excluding diaryl/α,β-unsaturated/α-hetero) is 1. The first kappa shape index (κ1) is 10.00. The largest absolute Gasteiger partial charge is 0.299 e. The monoisotopic (exact) mass is 219 g/mol. The van der Waals surface area contributed by atoms with Crippen molar-refractivity contribution in [2.75, 3.05) is 0 Å². The molecule has 1 aromatic heterocycles. The van der Waals surface area contributed by atoms with E-state index >= 15 is 0 Å². The maximum Gasteiger partial charge on any atom is 0.142 e. The van der Waals surface area contributed by atoms with E-state index in [0.717, 1.165) is 5.69 Å². The Kier molecular flexibility index (Phi) is 2.30. The first-order valence-electron chi connectivity index (χ1n) is 6.13. The number of nitrogens with zero attached hydrogens (tertiary/aromatic N) is 3. The second-order valence-corrected chi connectivity index (χ2v) is 5.16. The number of carbonyl (C=O) groups is 1. The van der Waals surface area contributed by atoms with Crippen LogP contribution in [0.15, 0.2) is 6.20 Å². The third-order valence-electron chi connectivity index (χ3n) is 4.03. The summed E-state index contributed by atoms with van der Waals surface area (Å²) in [5.74, 6) is 2.15. The highest BCUT2D eigenvalue weighted by atomic mass is 16.1. The third kappa shape index (κ3) is 1.66. The Labute approximate surface area is 95.0 Å². The van der Waals surface area contributed by atoms with Gasteiger partial charge in [-0.25, -0.2) is 0 Å². The molecule has 16 heavy (non-hydrogen) atoms. The molecule has 2 fully saturated rings. The first-order valence-corrected chi connectivity index (χ1v) is 6.13. The lowest BCUT2D eigenvalue weighted by Crippen LogP contribution is -2.07. The van der Waals surface area contributed by atoms with Crippen LogP contribution in [0, 0.1) is 17.8 Å². The molecule has 2 saturated carbocycles. The van der Waals surface area contributed by atoms with Crippen molar-refractivity contribution < 1.29 is 4.79 Å². The lowest BCUT2D eigenvalue weighted by atomic mass is 10.0. The molecule has 4 nitrogen and oxygen atoms in total. The molecule has 86 valence electrons. The fraction of sp³-hybridized carbons (Fsp3) is 0.750. The summed E-state index contributed by atoms with van der Waals surface area (Å²) in [5, 5.41) is 7.83. The number of fused-ring (bicyclic) bond motifs is 1. The molecule has 2 atom stereocenters. The number of carbonyl (C=O) groups excluding carboxylic acids is 1. The minimum Gasteiger partial charge on any atom is -0.299 e. The van der Waals surface area contributed by atoms with Gasteiger partial charge >= 0.3 is 0 Å². The van der Waals surface area contributed by atoms with Gasteiger partial charge in [0.15, 0.2) is 0 Å². The van der Waals surface area contributed by atoms with Crippen LogP contribution in [0.2, 0.25) is 0 Å². The normalized spacial score (nSPS) is 32.2. The van der Waals surface area contributed by atoms with Gasteiger partial charge in [0.2, 0.25) is 0 Å². The molecule has 0 amide bonds. The van der Waals surface area contributed by atoms with Gasteiger partial charge in [-0.2, -0.15) is 0 Å². The van der Waals surface area contributed by atoms with Gasteiger partial charge < -0.3 is 0 Å². The number of aromatic nitrogens is 3. The standard InChI is InChI=1S/C12H17N3O/c1-15-7-8(13-14-15)6-11(16)12-9-4-2-3-5-10(9)12/h7,9-10,12H,2-6H2,1H3. The van der Waals surface area contributed by atoms with Crippen molar-refractivity contribution >= 4 is 5.78 Å². The Morgan fingerprint density at radius 2 is 2.12 bits per heavy atom. The van der Waals surface area contributed by atoms with Crippen molar-refractivity contribution in [3.05, 3.63) is 11.9 Å². The predicted octanol–water partition coefficient (Wildman–Crippen LogP) is 1.36. The maximum atomic E-state index is 12.1. The zero-order valence-electron chi connectivity index (χ0n) is 9.59. The van der Waals surface area contributed by atoms with Crippen molar-refractivity contribution in [3.8, 4) is 0 Å². The third-order valence-corrected chi connectivity index (χ3v) is 4.03. The Bertz CT molecular complexity index is 400. The molecule has 2 aliphatic carbocycles. The summed E-state index contributed by atoms with van der Waals surface area (Å²) in [4.78, 5) is 12.1. The zero-order chi connectivity index (χ0) is 11.1. The SMILES string of the molecule is Cn1cc(CC(=O)C2C3CCCCC32)nn1. The molecule has 3 rings (SSSR count). The van der Waals surface area contributed by atoms with E-state index in [2.05, 4.69) is 10.3 Å². The van der Waals surface area contributed by atoms with E-state index in [0.29, 0.717) is 30.0 Å². The van der Waals surface area contributed by atoms with Gasteiger partial charge in [-0.1, -0.05) is 18.1 Å². The summed E-state index contributed by atoms with van der Waals surface area (Å²) in [6, 6.07) is 0. The summed E-state index contributed by atoms with van der Waals surface area (Å²) >= 11 is 0. The van der Waals surface area contributed by atoms with E-state index in [-0.39, 0.29) is 0 Å². The van der Waals surface area contributed by atoms with Gasteiger partial charge in [-0.15, -0.1) is 5.10 Å². The highest BCUT2D eigenvalue weighted by Gasteiger charge is 2.54. The van der Waals surface area contributed by atoms with Gasteiger partial charge in [0.05, 0.1) is 12.1 Å². The number of aryl methyl sites for hydroxylation is 1. The molecule has 0 spiro atoms. The molecular weight excluding hydrogens is 202 g/mol. The summed E-state index contributed by atoms with van der Waals surface area (Å²) < 4.78 is 1.66. The fourth-order valence-corrected chi connectivity index (χ4v) is 3.24. The van der Waals surface area contributed by atoms with E-state index < -0.39 is 0 Å². The quantitative estimate of drug-likeness (QED) is 0.771. The Balaban J connectivity index is 1.62. The number of rotatable bonds is 3. The fourth-order valence-electron chi connectivity index (χ4n) is 3.24. The molecule has 0 radical (unpaired) electrons. The van der Waals surface area contributed by atoms with Crippen LogP contribution in [-0.4, -0.2) is 20.8 Å². The van der Waals surface area contributed by atoms with E-state index in [9.17, 15) is 4.79 Å². The van der Waals surface area contributed by atoms with E-state index in [1.54, 1.807) is 4.68 Å². The second kappa shape index (κ2) is 3.68. The average molecular weight is 219 g/mol. The van der Waals surface area contributed by atoms with Crippen LogP contribution in [-0.2, 0) is 18.3 Å². The van der Waals surface area contributed by atoms with Gasteiger partial charge in [0.1, 0.15) is 5.78 Å². The lowest BCUT2D eigenvalue weighted by molar-refractivity contribution is -0.120. The van der Waals surface area contributed by atoms with Gasteiger partial charge in [-0.05, 0) is 24.7 Å². The summed E-state index contributed by atoms with van der Waals surface area (Å²) in [7, 11) is 1.83. The molecule has 1 aromatic rings. The molecule has 0 aromatic carbocycles. The highest BCUT2D eigenvalue weighted by molar-refractivity contribution is 5.86. The van der Waals surface area contributed by atoms with Crippen molar-refractivity contribution in [1.29, 1.82) is 0 Å². The molecule has 0 aliphatic heterocycles. The molecular formula is C12H17N3O. The van der Waals surface area contributed by atoms with Gasteiger partial charge in [0.25, 0.3) is 0 Å². The number of ketones is 1. The number of hydrogen-bond acceptors (Lipinski definition) is 3. The summed E-state index contributed by atoms with van der Waals surface area (Å²) in [6.45, 7) is 0. The second-order valence-electron chi connectivity index (χ2n) is 5.16. The molecule has 0 bridgehead atoms. The van der Waals surface area contributed by atoms with Crippen LogP contribution in [0.25, 0.3) is 0 Å². The zero-order valence-corrected chi connectivity index (χ0v) is 9.59. The van der Waals surface area contributed by atoms with Crippen LogP contribution < -0.4 is 0 Å². The average Bonchev–Trinajstić information content (AvgIpc) is 2.88. The topological polar surface area (TPSA) is 47.8 Å². The lowest BCUT2D eigenvalue weighted by Gasteiger charge is -2.04. The Morgan fingerprint density at radius 1 is 1.44 bits per heavy atom. The van der Waals surface area contributed by atoms with Crippen molar-refractivity contribution in [2.24, 2.45) is 24.8 Å². The van der Waals surface area contributed by atoms with Crippen LogP contribution in [0.5, 0.6) is 0 Å². The van der Waals surface area contributed by atoms with Crippen molar-refractivity contribution in [3.63, 3.8) is 0 Å². The number of hydrogen-bond donors (Lipinski definition) is 0.